The molecule has 0 spiro atoms. The Morgan fingerprint density at radius 2 is 2.11 bits per heavy atom. The highest BCUT2D eigenvalue weighted by Crippen LogP contribution is 2.22. The molecule has 2 rings (SSSR count). The minimum Gasteiger partial charge on any atom is -0.356 e. The number of guanidine groups is 1. The fourth-order valence-corrected chi connectivity index (χ4v) is 3.37. The molecule has 2 unspecified atom stereocenters. The van der Waals surface area contributed by atoms with Gasteiger partial charge in [0.1, 0.15) is 0 Å². The van der Waals surface area contributed by atoms with Crippen molar-refractivity contribution in [3.63, 3.8) is 0 Å². The molecule has 27 heavy (non-hydrogen) atoms. The third kappa shape index (κ3) is 6.93. The molecule has 0 aliphatic carbocycles. The number of halogens is 1. The van der Waals surface area contributed by atoms with E-state index in [0.717, 1.165) is 32.0 Å². The van der Waals surface area contributed by atoms with Gasteiger partial charge in [-0.05, 0) is 24.0 Å². The molecule has 7 heteroatoms. The molecule has 1 aromatic rings. The number of hydrogen-bond donors (Lipinski definition) is 2. The Morgan fingerprint density at radius 3 is 2.67 bits per heavy atom. The summed E-state index contributed by atoms with van der Waals surface area (Å²) in [6.45, 7) is 10.7. The van der Waals surface area contributed by atoms with Crippen LogP contribution in [0.1, 0.15) is 45.6 Å². The highest BCUT2D eigenvalue weighted by Gasteiger charge is 2.28. The monoisotopic (exact) mass is 487 g/mol. The van der Waals surface area contributed by atoms with Crippen LogP contribution in [-0.2, 0) is 4.79 Å². The van der Waals surface area contributed by atoms with E-state index in [1.807, 2.05) is 31.0 Å². The summed E-state index contributed by atoms with van der Waals surface area (Å²) in [5.74, 6) is 1.94. The summed E-state index contributed by atoms with van der Waals surface area (Å²) in [6.07, 6.45) is 4.70. The maximum absolute atomic E-state index is 12.1. The van der Waals surface area contributed by atoms with E-state index in [2.05, 4.69) is 40.5 Å². The van der Waals surface area contributed by atoms with Crippen LogP contribution in [-0.4, -0.2) is 54.5 Å². The summed E-state index contributed by atoms with van der Waals surface area (Å²) in [4.78, 5) is 22.7. The second kappa shape index (κ2) is 11.5. The van der Waals surface area contributed by atoms with Crippen molar-refractivity contribution in [1.82, 2.24) is 20.5 Å². The fourth-order valence-electron chi connectivity index (χ4n) is 3.37. The third-order valence-electron chi connectivity index (χ3n) is 4.97. The molecule has 152 valence electrons. The zero-order valence-corrected chi connectivity index (χ0v) is 19.4. The van der Waals surface area contributed by atoms with Crippen molar-refractivity contribution in [1.29, 1.82) is 0 Å². The second-order valence-electron chi connectivity index (χ2n) is 7.66. The first-order valence-electron chi connectivity index (χ1n) is 9.58. The quantitative estimate of drug-likeness (QED) is 0.368. The predicted octanol–water partition coefficient (Wildman–Crippen LogP) is 2.86. The summed E-state index contributed by atoms with van der Waals surface area (Å²) >= 11 is 0. The van der Waals surface area contributed by atoms with E-state index < -0.39 is 0 Å². The number of aromatic nitrogens is 1. The molecule has 1 saturated heterocycles. The minimum absolute atomic E-state index is 0. The molecule has 1 aliphatic heterocycles. The van der Waals surface area contributed by atoms with Crippen LogP contribution >= 0.6 is 24.0 Å². The number of carbonyl (C=O) groups excluding carboxylic acids is 1. The van der Waals surface area contributed by atoms with Crippen LogP contribution in [0.4, 0.5) is 0 Å². The van der Waals surface area contributed by atoms with Crippen LogP contribution in [0.3, 0.4) is 0 Å². The largest absolute Gasteiger partial charge is 0.356 e. The number of nitrogens with one attached hydrogen (secondary N) is 2. The molecular weight excluding hydrogens is 453 g/mol. The molecule has 1 fully saturated rings. The van der Waals surface area contributed by atoms with Crippen molar-refractivity contribution in [2.24, 2.45) is 16.8 Å². The minimum atomic E-state index is 0. The molecule has 0 saturated carbocycles. The standard InChI is InChI=1S/C20H33N5O.HI/c1-14(2)18(16-7-6-9-22-11-16)12-23-20(21-5)24-17-8-10-25(13-17)19(26)15(3)4;/h6-7,9,11,14-15,17-18H,8,10,12-13H2,1-5H3,(H2,21,23,24);1H. The van der Waals surface area contributed by atoms with E-state index in [1.165, 1.54) is 5.56 Å². The van der Waals surface area contributed by atoms with Crippen LogP contribution < -0.4 is 10.6 Å². The van der Waals surface area contributed by atoms with E-state index in [1.54, 1.807) is 13.2 Å². The van der Waals surface area contributed by atoms with Gasteiger partial charge in [0.05, 0.1) is 0 Å². The van der Waals surface area contributed by atoms with Crippen molar-refractivity contribution in [2.45, 2.75) is 46.1 Å². The van der Waals surface area contributed by atoms with Crippen molar-refractivity contribution >= 4 is 35.8 Å². The smallest absolute Gasteiger partial charge is 0.225 e. The molecule has 6 nitrogen and oxygen atoms in total. The van der Waals surface area contributed by atoms with Crippen LogP contribution in [0.5, 0.6) is 0 Å². The first kappa shape index (κ1) is 23.7. The average Bonchev–Trinajstić information content (AvgIpc) is 3.09. The SMILES string of the molecule is CN=C(NCC(c1cccnc1)C(C)C)NC1CCN(C(=O)C(C)C)C1.I. The highest BCUT2D eigenvalue weighted by atomic mass is 127. The van der Waals surface area contributed by atoms with Crippen molar-refractivity contribution < 1.29 is 4.79 Å². The van der Waals surface area contributed by atoms with Crippen LogP contribution in [0.25, 0.3) is 0 Å². The Bertz CT molecular complexity index is 606. The molecule has 0 bridgehead atoms. The zero-order chi connectivity index (χ0) is 19.1. The Labute approximate surface area is 180 Å². The zero-order valence-electron chi connectivity index (χ0n) is 17.1. The van der Waals surface area contributed by atoms with Gasteiger partial charge in [-0.2, -0.15) is 0 Å². The first-order valence-corrected chi connectivity index (χ1v) is 9.58. The van der Waals surface area contributed by atoms with Crippen molar-refractivity contribution in [3.05, 3.63) is 30.1 Å². The number of likely N-dealkylation sites (tertiary alicyclic amines) is 1. The van der Waals surface area contributed by atoms with E-state index >= 15 is 0 Å². The number of pyridine rings is 1. The lowest BCUT2D eigenvalue weighted by molar-refractivity contribution is -0.133. The molecular formula is C20H34IN5O. The maximum Gasteiger partial charge on any atom is 0.225 e. The van der Waals surface area contributed by atoms with E-state index in [0.29, 0.717) is 11.8 Å². The summed E-state index contributed by atoms with van der Waals surface area (Å²) in [7, 11) is 1.79. The van der Waals surface area contributed by atoms with Gasteiger partial charge in [0.2, 0.25) is 5.91 Å². The van der Waals surface area contributed by atoms with Crippen LogP contribution in [0.2, 0.25) is 0 Å². The van der Waals surface area contributed by atoms with Gasteiger partial charge >= 0.3 is 0 Å². The summed E-state index contributed by atoms with van der Waals surface area (Å²) in [6, 6.07) is 4.36. The number of hydrogen-bond acceptors (Lipinski definition) is 3. The average molecular weight is 487 g/mol. The van der Waals surface area contributed by atoms with Gasteiger partial charge in [0.15, 0.2) is 5.96 Å². The number of nitrogens with zero attached hydrogens (tertiary/aromatic N) is 3. The van der Waals surface area contributed by atoms with Gasteiger partial charge < -0.3 is 15.5 Å². The predicted molar refractivity (Wildman–Crippen MR) is 122 cm³/mol. The van der Waals surface area contributed by atoms with Gasteiger partial charge in [0, 0.05) is 57.0 Å². The fraction of sp³-hybridized carbons (Fsp3) is 0.650. The Kier molecular flexibility index (Phi) is 10.0. The molecule has 0 aromatic carbocycles. The molecule has 1 aromatic heterocycles. The van der Waals surface area contributed by atoms with Crippen molar-refractivity contribution in [3.8, 4) is 0 Å². The van der Waals surface area contributed by atoms with Gasteiger partial charge in [-0.1, -0.05) is 33.8 Å². The lowest BCUT2D eigenvalue weighted by atomic mass is 9.89. The van der Waals surface area contributed by atoms with Crippen LogP contribution in [0, 0.1) is 11.8 Å². The van der Waals surface area contributed by atoms with Gasteiger partial charge in [-0.3, -0.25) is 14.8 Å². The number of aliphatic imine (C=N–C) groups is 1. The first-order chi connectivity index (χ1) is 12.4. The topological polar surface area (TPSA) is 69.6 Å². The summed E-state index contributed by atoms with van der Waals surface area (Å²) < 4.78 is 0. The third-order valence-corrected chi connectivity index (χ3v) is 4.97. The lowest BCUT2D eigenvalue weighted by Gasteiger charge is -2.24. The number of rotatable bonds is 6. The lowest BCUT2D eigenvalue weighted by Crippen LogP contribution is -2.46. The Balaban J connectivity index is 0.00000364. The maximum atomic E-state index is 12.1. The van der Waals surface area contributed by atoms with Gasteiger partial charge in [-0.15, -0.1) is 24.0 Å². The number of carbonyl (C=O) groups is 1. The second-order valence-corrected chi connectivity index (χ2v) is 7.66. The summed E-state index contributed by atoms with van der Waals surface area (Å²) in [5, 5.41) is 6.92. The molecule has 2 N–H and O–H groups in total. The molecule has 2 atom stereocenters. The van der Waals surface area contributed by atoms with Gasteiger partial charge in [-0.25, -0.2) is 0 Å². The van der Waals surface area contributed by atoms with Crippen LogP contribution in [0.15, 0.2) is 29.5 Å². The van der Waals surface area contributed by atoms with E-state index in [-0.39, 0.29) is 41.8 Å². The highest BCUT2D eigenvalue weighted by molar-refractivity contribution is 14.0. The molecule has 0 radical (unpaired) electrons. The molecule has 2 heterocycles. The normalized spacial score (nSPS) is 18.4. The van der Waals surface area contributed by atoms with Gasteiger partial charge in [0.25, 0.3) is 0 Å². The Morgan fingerprint density at radius 1 is 1.37 bits per heavy atom. The van der Waals surface area contributed by atoms with Crippen molar-refractivity contribution in [2.75, 3.05) is 26.7 Å². The molecule has 1 aliphatic rings. The number of amides is 1. The van der Waals surface area contributed by atoms with E-state index in [4.69, 9.17) is 0 Å². The van der Waals surface area contributed by atoms with E-state index in [9.17, 15) is 4.79 Å². The summed E-state index contributed by atoms with van der Waals surface area (Å²) in [5.41, 5.74) is 1.24. The molecule has 1 amide bonds. The Hall–Kier alpha value is -1.38.